The van der Waals surface area contributed by atoms with E-state index in [1.165, 1.54) is 6.07 Å². The molecule has 0 saturated heterocycles. The number of rotatable bonds is 2. The van der Waals surface area contributed by atoms with Crippen molar-refractivity contribution in [2.75, 3.05) is 0 Å². The van der Waals surface area contributed by atoms with Crippen LogP contribution in [0.3, 0.4) is 0 Å². The van der Waals surface area contributed by atoms with Gasteiger partial charge in [0.25, 0.3) is 0 Å². The second kappa shape index (κ2) is 4.51. The van der Waals surface area contributed by atoms with Gasteiger partial charge in [0.2, 0.25) is 0 Å². The predicted molar refractivity (Wildman–Crippen MR) is 52.8 cm³/mol. The molecule has 0 spiro atoms. The summed E-state index contributed by atoms with van der Waals surface area (Å²) in [6.45, 7) is 1.57. The Morgan fingerprint density at radius 3 is 2.40 bits per heavy atom. The zero-order valence-corrected chi connectivity index (χ0v) is 9.39. The van der Waals surface area contributed by atoms with Crippen LogP contribution in [0.1, 0.15) is 24.2 Å². The Labute approximate surface area is 93.3 Å². The van der Waals surface area contributed by atoms with Gasteiger partial charge in [-0.2, -0.15) is 13.2 Å². The summed E-state index contributed by atoms with van der Waals surface area (Å²) < 4.78 is 37.6. The van der Waals surface area contributed by atoms with Crippen LogP contribution in [0, 0.1) is 0 Å². The van der Waals surface area contributed by atoms with E-state index in [-0.39, 0.29) is 0 Å². The molecule has 0 fully saturated rings. The van der Waals surface area contributed by atoms with Crippen LogP contribution < -0.4 is 5.90 Å². The molecule has 2 N–H and O–H groups in total. The third-order valence-corrected chi connectivity index (χ3v) is 2.38. The van der Waals surface area contributed by atoms with Crippen molar-refractivity contribution in [3.05, 3.63) is 33.8 Å². The number of alkyl halides is 3. The van der Waals surface area contributed by atoms with Gasteiger partial charge in [-0.1, -0.05) is 15.9 Å². The molecule has 0 aromatic heterocycles. The second-order valence-corrected chi connectivity index (χ2v) is 3.96. The molecule has 1 aromatic rings. The molecule has 0 heterocycles. The summed E-state index contributed by atoms with van der Waals surface area (Å²) in [5.41, 5.74) is -0.352. The van der Waals surface area contributed by atoms with Gasteiger partial charge >= 0.3 is 6.18 Å². The zero-order chi connectivity index (χ0) is 11.6. The summed E-state index contributed by atoms with van der Waals surface area (Å²) in [6.07, 6.45) is -4.95. The number of benzene rings is 1. The lowest BCUT2D eigenvalue weighted by Crippen LogP contribution is -2.09. The van der Waals surface area contributed by atoms with E-state index in [1.54, 1.807) is 6.92 Å². The van der Waals surface area contributed by atoms with Crippen molar-refractivity contribution < 1.29 is 18.0 Å². The van der Waals surface area contributed by atoms with E-state index in [0.717, 1.165) is 12.1 Å². The quantitative estimate of drug-likeness (QED) is 0.844. The lowest BCUT2D eigenvalue weighted by molar-refractivity contribution is -0.137. The minimum absolute atomic E-state index is 0.344. The highest BCUT2D eigenvalue weighted by Gasteiger charge is 2.31. The van der Waals surface area contributed by atoms with E-state index < -0.39 is 17.8 Å². The number of halogens is 4. The van der Waals surface area contributed by atoms with Gasteiger partial charge in [0.1, 0.15) is 6.10 Å². The topological polar surface area (TPSA) is 35.2 Å². The number of hydrogen-bond acceptors (Lipinski definition) is 2. The van der Waals surface area contributed by atoms with E-state index in [9.17, 15) is 13.2 Å². The lowest BCUT2D eigenvalue weighted by Gasteiger charge is -2.13. The Hall–Kier alpha value is -0.590. The fraction of sp³-hybridized carbons (Fsp3) is 0.333. The van der Waals surface area contributed by atoms with E-state index in [2.05, 4.69) is 20.8 Å². The lowest BCUT2D eigenvalue weighted by atomic mass is 10.1. The van der Waals surface area contributed by atoms with Crippen molar-refractivity contribution in [2.24, 2.45) is 5.90 Å². The number of hydrogen-bond donors (Lipinski definition) is 1. The molecule has 0 radical (unpaired) electrons. The van der Waals surface area contributed by atoms with E-state index in [4.69, 9.17) is 5.90 Å². The number of nitrogens with two attached hydrogens (primary N) is 1. The van der Waals surface area contributed by atoms with E-state index in [0.29, 0.717) is 10.0 Å². The normalized spacial score (nSPS) is 14.0. The minimum Gasteiger partial charge on any atom is -0.297 e. The molecule has 0 bridgehead atoms. The van der Waals surface area contributed by atoms with Crippen LogP contribution in [-0.2, 0) is 11.0 Å². The van der Waals surface area contributed by atoms with Gasteiger partial charge < -0.3 is 0 Å². The van der Waals surface area contributed by atoms with Crippen LogP contribution in [-0.4, -0.2) is 0 Å². The van der Waals surface area contributed by atoms with Crippen LogP contribution in [0.4, 0.5) is 13.2 Å². The molecule has 1 rings (SSSR count). The third-order valence-electron chi connectivity index (χ3n) is 1.92. The monoisotopic (exact) mass is 283 g/mol. The van der Waals surface area contributed by atoms with Crippen LogP contribution in [0.15, 0.2) is 22.7 Å². The molecular weight excluding hydrogens is 275 g/mol. The molecular formula is C9H9BrF3NO. The van der Waals surface area contributed by atoms with Crippen molar-refractivity contribution in [3.63, 3.8) is 0 Å². The standard InChI is InChI=1S/C9H9BrF3NO/c1-5(15-14)6-2-7(9(11,12)13)4-8(10)3-6/h2-5H,14H2,1H3. The molecule has 1 unspecified atom stereocenters. The molecule has 0 saturated carbocycles. The predicted octanol–water partition coefficient (Wildman–Crippen LogP) is 3.42. The van der Waals surface area contributed by atoms with E-state index >= 15 is 0 Å². The fourth-order valence-corrected chi connectivity index (χ4v) is 1.60. The van der Waals surface area contributed by atoms with Gasteiger partial charge in [0.05, 0.1) is 5.56 Å². The summed E-state index contributed by atoms with van der Waals surface area (Å²) in [4.78, 5) is 4.47. The molecule has 15 heavy (non-hydrogen) atoms. The minimum atomic E-state index is -4.37. The SMILES string of the molecule is CC(ON)c1cc(Br)cc(C(F)(F)F)c1. The summed E-state index contributed by atoms with van der Waals surface area (Å²) >= 11 is 3.01. The van der Waals surface area contributed by atoms with Crippen molar-refractivity contribution in [1.29, 1.82) is 0 Å². The van der Waals surface area contributed by atoms with Crippen LogP contribution in [0.2, 0.25) is 0 Å². The average molecular weight is 284 g/mol. The smallest absolute Gasteiger partial charge is 0.297 e. The summed E-state index contributed by atoms with van der Waals surface area (Å²) in [7, 11) is 0. The molecule has 84 valence electrons. The Morgan fingerprint density at radius 2 is 1.93 bits per heavy atom. The van der Waals surface area contributed by atoms with Crippen molar-refractivity contribution in [2.45, 2.75) is 19.2 Å². The Kier molecular flexibility index (Phi) is 3.75. The van der Waals surface area contributed by atoms with Gasteiger partial charge in [-0.25, -0.2) is 5.90 Å². The summed E-state index contributed by atoms with van der Waals surface area (Å²) in [6, 6.07) is 3.56. The molecule has 0 aliphatic carbocycles. The fourth-order valence-electron chi connectivity index (χ4n) is 1.09. The molecule has 1 atom stereocenters. The first-order valence-electron chi connectivity index (χ1n) is 4.08. The Balaban J connectivity index is 3.17. The van der Waals surface area contributed by atoms with Crippen molar-refractivity contribution in [1.82, 2.24) is 0 Å². The largest absolute Gasteiger partial charge is 0.416 e. The first-order chi connectivity index (χ1) is 6.84. The Bertz CT molecular complexity index is 354. The van der Waals surface area contributed by atoms with Gasteiger partial charge in [-0.15, -0.1) is 0 Å². The molecule has 2 nitrogen and oxygen atoms in total. The molecule has 0 aliphatic rings. The second-order valence-electron chi connectivity index (χ2n) is 3.05. The Morgan fingerprint density at radius 1 is 1.33 bits per heavy atom. The van der Waals surface area contributed by atoms with Crippen LogP contribution in [0.25, 0.3) is 0 Å². The average Bonchev–Trinajstić information content (AvgIpc) is 2.14. The van der Waals surface area contributed by atoms with Gasteiger partial charge in [-0.3, -0.25) is 4.84 Å². The first-order valence-corrected chi connectivity index (χ1v) is 4.87. The van der Waals surface area contributed by atoms with Crippen LogP contribution in [0.5, 0.6) is 0 Å². The molecule has 0 amide bonds. The zero-order valence-electron chi connectivity index (χ0n) is 7.81. The van der Waals surface area contributed by atoms with Gasteiger partial charge in [-0.05, 0) is 30.7 Å². The maximum absolute atomic E-state index is 12.4. The highest BCUT2D eigenvalue weighted by atomic mass is 79.9. The molecule has 1 aromatic carbocycles. The first kappa shape index (κ1) is 12.5. The molecule has 6 heteroatoms. The summed E-state index contributed by atoms with van der Waals surface area (Å²) in [5.74, 6) is 4.92. The highest BCUT2D eigenvalue weighted by molar-refractivity contribution is 9.10. The van der Waals surface area contributed by atoms with Gasteiger partial charge in [0, 0.05) is 4.47 Å². The van der Waals surface area contributed by atoms with Crippen molar-refractivity contribution in [3.8, 4) is 0 Å². The van der Waals surface area contributed by atoms with Gasteiger partial charge in [0.15, 0.2) is 0 Å². The summed E-state index contributed by atoms with van der Waals surface area (Å²) in [5, 5.41) is 0. The third kappa shape index (κ3) is 3.19. The molecule has 0 aliphatic heterocycles. The van der Waals surface area contributed by atoms with Crippen LogP contribution >= 0.6 is 15.9 Å². The maximum atomic E-state index is 12.4. The highest BCUT2D eigenvalue weighted by Crippen LogP contribution is 2.33. The van der Waals surface area contributed by atoms with E-state index in [1.807, 2.05) is 0 Å². The van der Waals surface area contributed by atoms with Crippen molar-refractivity contribution >= 4 is 15.9 Å². The maximum Gasteiger partial charge on any atom is 0.416 e.